The molecule has 2 aromatic heterocycles. The molecule has 136 valence electrons. The molecule has 0 saturated heterocycles. The van der Waals surface area contributed by atoms with Crippen molar-refractivity contribution in [2.75, 3.05) is 7.11 Å². The van der Waals surface area contributed by atoms with E-state index in [2.05, 4.69) is 19.1 Å². The second-order valence-corrected chi connectivity index (χ2v) is 6.51. The lowest BCUT2D eigenvalue weighted by atomic mass is 10.1. The van der Waals surface area contributed by atoms with Crippen LogP contribution in [-0.2, 0) is 16.0 Å². The summed E-state index contributed by atoms with van der Waals surface area (Å²) in [5.41, 5.74) is 3.82. The molecule has 6 heteroatoms. The molecule has 0 aliphatic carbocycles. The summed E-state index contributed by atoms with van der Waals surface area (Å²) in [7, 11) is 1.40. The van der Waals surface area contributed by atoms with Gasteiger partial charge in [-0.1, -0.05) is 42.0 Å². The molecule has 27 heavy (non-hydrogen) atoms. The minimum Gasteiger partial charge on any atom is -0.469 e. The average molecular weight is 360 g/mol. The Labute approximate surface area is 156 Å². The fourth-order valence-corrected chi connectivity index (χ4v) is 3.09. The topological polar surface area (TPSA) is 69.4 Å². The summed E-state index contributed by atoms with van der Waals surface area (Å²) in [5.74, 6) is 1.24. The molecule has 0 bridgehead atoms. The largest absolute Gasteiger partial charge is 0.469 e. The quantitative estimate of drug-likeness (QED) is 0.507. The minimum atomic E-state index is -0.217. The number of ether oxygens (including phenoxy) is 1. The van der Waals surface area contributed by atoms with Crippen LogP contribution in [0.15, 0.2) is 48.5 Å². The van der Waals surface area contributed by atoms with Crippen LogP contribution in [-0.4, -0.2) is 32.7 Å². The zero-order valence-electron chi connectivity index (χ0n) is 15.3. The molecule has 0 atom stereocenters. The predicted molar refractivity (Wildman–Crippen MR) is 103 cm³/mol. The Kier molecular flexibility index (Phi) is 4.54. The van der Waals surface area contributed by atoms with Crippen molar-refractivity contribution in [1.82, 2.24) is 19.6 Å². The normalized spacial score (nSPS) is 11.2. The molecule has 6 nitrogen and oxygen atoms in total. The number of benzene rings is 2. The van der Waals surface area contributed by atoms with Crippen molar-refractivity contribution >= 4 is 22.5 Å². The summed E-state index contributed by atoms with van der Waals surface area (Å²) in [6, 6.07) is 16.1. The number of para-hydroxylation sites is 1. The van der Waals surface area contributed by atoms with E-state index < -0.39 is 0 Å². The van der Waals surface area contributed by atoms with E-state index in [1.807, 2.05) is 36.4 Å². The fourth-order valence-electron chi connectivity index (χ4n) is 3.09. The highest BCUT2D eigenvalue weighted by Gasteiger charge is 2.14. The molecule has 0 amide bonds. The Hall–Kier alpha value is -3.28. The van der Waals surface area contributed by atoms with E-state index in [0.717, 1.165) is 27.9 Å². The van der Waals surface area contributed by atoms with Gasteiger partial charge in [0.25, 0.3) is 0 Å². The van der Waals surface area contributed by atoms with Crippen LogP contribution in [0.3, 0.4) is 0 Å². The first kappa shape index (κ1) is 17.1. The average Bonchev–Trinajstić information content (AvgIpc) is 3.14. The molecule has 0 fully saturated rings. The summed E-state index contributed by atoms with van der Waals surface area (Å²) < 4.78 is 6.52. The van der Waals surface area contributed by atoms with Gasteiger partial charge in [-0.3, -0.25) is 4.79 Å². The highest BCUT2D eigenvalue weighted by atomic mass is 16.5. The number of fused-ring (bicyclic) bond motifs is 3. The summed E-state index contributed by atoms with van der Waals surface area (Å²) in [5, 5.41) is 5.67. The van der Waals surface area contributed by atoms with Crippen molar-refractivity contribution in [3.8, 4) is 11.4 Å². The Morgan fingerprint density at radius 3 is 2.63 bits per heavy atom. The van der Waals surface area contributed by atoms with Gasteiger partial charge in [0.15, 0.2) is 11.5 Å². The van der Waals surface area contributed by atoms with Gasteiger partial charge in [-0.15, -0.1) is 5.10 Å². The van der Waals surface area contributed by atoms with E-state index in [9.17, 15) is 4.79 Å². The molecule has 0 aliphatic heterocycles. The van der Waals surface area contributed by atoms with Gasteiger partial charge in [-0.05, 0) is 25.5 Å². The second kappa shape index (κ2) is 7.15. The molecular formula is C21H20N4O2. The first-order chi connectivity index (χ1) is 13.2. The van der Waals surface area contributed by atoms with Crippen molar-refractivity contribution in [3.05, 3.63) is 59.9 Å². The van der Waals surface area contributed by atoms with E-state index in [1.165, 1.54) is 12.7 Å². The monoisotopic (exact) mass is 360 g/mol. The Balaban J connectivity index is 1.80. The molecule has 0 N–H and O–H groups in total. The Bertz CT molecular complexity index is 1120. The third-order valence-electron chi connectivity index (χ3n) is 4.56. The van der Waals surface area contributed by atoms with E-state index in [-0.39, 0.29) is 5.97 Å². The first-order valence-electron chi connectivity index (χ1n) is 8.94. The minimum absolute atomic E-state index is 0.217. The lowest BCUT2D eigenvalue weighted by molar-refractivity contribution is -0.140. The molecule has 0 spiro atoms. The molecule has 0 saturated carbocycles. The first-order valence-corrected chi connectivity index (χ1v) is 8.94. The maximum absolute atomic E-state index is 11.4. The Morgan fingerprint density at radius 2 is 1.85 bits per heavy atom. The molecule has 4 aromatic rings. The summed E-state index contributed by atoms with van der Waals surface area (Å²) >= 11 is 0. The maximum atomic E-state index is 11.4. The smallest absolute Gasteiger partial charge is 0.305 e. The van der Waals surface area contributed by atoms with Crippen molar-refractivity contribution in [3.63, 3.8) is 0 Å². The van der Waals surface area contributed by atoms with Crippen LogP contribution in [0.5, 0.6) is 0 Å². The van der Waals surface area contributed by atoms with Crippen LogP contribution < -0.4 is 0 Å². The number of carbonyl (C=O) groups is 1. The molecule has 2 aromatic carbocycles. The van der Waals surface area contributed by atoms with Crippen molar-refractivity contribution in [1.29, 1.82) is 0 Å². The second-order valence-electron chi connectivity index (χ2n) is 6.51. The standard InChI is InChI=1S/C21H20N4O2/c1-14-10-12-15(13-11-14)20-23-21-16-6-3-4-7-17(16)22-18(25(21)24-20)8-5-9-19(26)27-2/h3-4,6-7,10-13H,5,8-9H2,1-2H3. The molecule has 2 heterocycles. The van der Waals surface area contributed by atoms with Crippen LogP contribution in [0.25, 0.3) is 27.9 Å². The zero-order chi connectivity index (χ0) is 18.8. The molecular weight excluding hydrogens is 340 g/mol. The number of nitrogens with zero attached hydrogens (tertiary/aromatic N) is 4. The number of esters is 1. The number of methoxy groups -OCH3 is 1. The van der Waals surface area contributed by atoms with Gasteiger partial charge in [-0.25, -0.2) is 9.97 Å². The van der Waals surface area contributed by atoms with Crippen molar-refractivity contribution in [2.24, 2.45) is 0 Å². The summed E-state index contributed by atoms with van der Waals surface area (Å²) in [4.78, 5) is 21.0. The number of hydrogen-bond donors (Lipinski definition) is 0. The third kappa shape index (κ3) is 3.38. The fraction of sp³-hybridized carbons (Fsp3) is 0.238. The lowest BCUT2D eigenvalue weighted by Gasteiger charge is -2.06. The van der Waals surface area contributed by atoms with E-state index in [1.54, 1.807) is 4.52 Å². The number of hydrogen-bond acceptors (Lipinski definition) is 5. The maximum Gasteiger partial charge on any atom is 0.305 e. The van der Waals surface area contributed by atoms with Crippen molar-refractivity contribution in [2.45, 2.75) is 26.2 Å². The van der Waals surface area contributed by atoms with E-state index in [0.29, 0.717) is 25.1 Å². The highest BCUT2D eigenvalue weighted by Crippen LogP contribution is 2.23. The van der Waals surface area contributed by atoms with Gasteiger partial charge < -0.3 is 4.74 Å². The van der Waals surface area contributed by atoms with Crippen molar-refractivity contribution < 1.29 is 9.53 Å². The lowest BCUT2D eigenvalue weighted by Crippen LogP contribution is -2.06. The van der Waals surface area contributed by atoms with Gasteiger partial charge in [-0.2, -0.15) is 4.52 Å². The number of carbonyl (C=O) groups excluding carboxylic acids is 1. The Morgan fingerprint density at radius 1 is 1.07 bits per heavy atom. The molecule has 0 aliphatic rings. The van der Waals surface area contributed by atoms with Gasteiger partial charge in [0.1, 0.15) is 5.82 Å². The molecule has 0 radical (unpaired) electrons. The van der Waals surface area contributed by atoms with Crippen LogP contribution >= 0.6 is 0 Å². The molecule has 0 unspecified atom stereocenters. The van der Waals surface area contributed by atoms with Gasteiger partial charge in [0.2, 0.25) is 0 Å². The zero-order valence-corrected chi connectivity index (χ0v) is 15.3. The van der Waals surface area contributed by atoms with Gasteiger partial charge >= 0.3 is 5.97 Å². The third-order valence-corrected chi connectivity index (χ3v) is 4.56. The number of aromatic nitrogens is 4. The SMILES string of the molecule is COC(=O)CCCc1nc2ccccc2c2nc(-c3ccc(C)cc3)nn12. The number of rotatable bonds is 5. The summed E-state index contributed by atoms with van der Waals surface area (Å²) in [6.07, 6.45) is 1.62. The highest BCUT2D eigenvalue weighted by molar-refractivity contribution is 5.91. The van der Waals surface area contributed by atoms with Gasteiger partial charge in [0.05, 0.1) is 12.6 Å². The van der Waals surface area contributed by atoms with Crippen LogP contribution in [0.1, 0.15) is 24.2 Å². The van der Waals surface area contributed by atoms with Crippen LogP contribution in [0.4, 0.5) is 0 Å². The predicted octanol–water partition coefficient (Wildman–Crippen LogP) is 3.75. The van der Waals surface area contributed by atoms with Crippen LogP contribution in [0, 0.1) is 6.92 Å². The van der Waals surface area contributed by atoms with E-state index >= 15 is 0 Å². The summed E-state index contributed by atoms with van der Waals surface area (Å²) in [6.45, 7) is 2.05. The van der Waals surface area contributed by atoms with E-state index in [4.69, 9.17) is 19.8 Å². The van der Waals surface area contributed by atoms with Crippen LogP contribution in [0.2, 0.25) is 0 Å². The number of aryl methyl sites for hydroxylation is 2. The molecule has 4 rings (SSSR count). The van der Waals surface area contributed by atoms with Gasteiger partial charge in [0, 0.05) is 23.8 Å².